The number of fused-ring (bicyclic) bond motifs is 1. The van der Waals surface area contributed by atoms with Crippen LogP contribution in [0.2, 0.25) is 10.0 Å². The summed E-state index contributed by atoms with van der Waals surface area (Å²) in [5.41, 5.74) is 7.41. The Morgan fingerprint density at radius 1 is 1.00 bits per heavy atom. The number of imide groups is 1. The number of nitrogens with two attached hydrogens (primary N) is 1. The van der Waals surface area contributed by atoms with E-state index in [4.69, 9.17) is 28.9 Å². The van der Waals surface area contributed by atoms with Crippen LogP contribution >= 0.6 is 23.2 Å². The number of hydrogen-bond acceptors (Lipinski definition) is 4. The number of hydrogen-bond donors (Lipinski definition) is 1. The second-order valence-corrected chi connectivity index (χ2v) is 8.44. The third-order valence-electron chi connectivity index (χ3n) is 5.67. The summed E-state index contributed by atoms with van der Waals surface area (Å²) in [4.78, 5) is 28.6. The number of quaternary nitrogens is 1. The van der Waals surface area contributed by atoms with Gasteiger partial charge in [-0.05, 0) is 30.7 Å². The number of nitrogens with zero attached hydrogens (tertiary/aromatic N) is 3. The van der Waals surface area contributed by atoms with Gasteiger partial charge in [0.05, 0.1) is 27.4 Å². The smallest absolute Gasteiger partial charge is 0.306 e. The van der Waals surface area contributed by atoms with Crippen LogP contribution in [-0.2, 0) is 0 Å². The van der Waals surface area contributed by atoms with Crippen LogP contribution in [0.4, 0.5) is 5.82 Å². The van der Waals surface area contributed by atoms with Gasteiger partial charge in [0.25, 0.3) is 0 Å². The van der Waals surface area contributed by atoms with Gasteiger partial charge in [-0.2, -0.15) is 9.78 Å². The van der Waals surface area contributed by atoms with Crippen LogP contribution in [-0.4, -0.2) is 21.6 Å². The van der Waals surface area contributed by atoms with E-state index in [2.05, 4.69) is 5.10 Å². The van der Waals surface area contributed by atoms with Gasteiger partial charge in [-0.15, -0.1) is 4.48 Å². The van der Waals surface area contributed by atoms with E-state index in [1.807, 2.05) is 6.92 Å². The molecular weight excluding hydrogens is 447 g/mol. The van der Waals surface area contributed by atoms with Crippen molar-refractivity contribution in [1.29, 1.82) is 0 Å². The predicted octanol–water partition coefficient (Wildman–Crippen LogP) is 5.72. The second-order valence-electron chi connectivity index (χ2n) is 7.63. The molecule has 0 fully saturated rings. The average molecular weight is 470 g/mol. The molecular formula is C24H23Cl2N4O2+. The van der Waals surface area contributed by atoms with Crippen LogP contribution in [0.5, 0.6) is 0 Å². The molecule has 2 heterocycles. The number of aromatic nitrogens is 2. The number of carbonyl (C=O) groups excluding carboxylic acids is 2. The molecule has 0 aliphatic carbocycles. The first-order valence-electron chi connectivity index (χ1n) is 10.4. The summed E-state index contributed by atoms with van der Waals surface area (Å²) in [5, 5.41) is 4.83. The summed E-state index contributed by atoms with van der Waals surface area (Å²) in [6, 6.07) is 15.1. The van der Waals surface area contributed by atoms with E-state index in [0.717, 1.165) is 12.8 Å². The van der Waals surface area contributed by atoms with E-state index in [1.54, 1.807) is 66.9 Å². The molecule has 6 nitrogen and oxygen atoms in total. The Morgan fingerprint density at radius 2 is 1.56 bits per heavy atom. The van der Waals surface area contributed by atoms with Gasteiger partial charge < -0.3 is 5.73 Å². The predicted molar refractivity (Wildman–Crippen MR) is 126 cm³/mol. The van der Waals surface area contributed by atoms with E-state index in [1.165, 1.54) is 4.68 Å². The van der Waals surface area contributed by atoms with Crippen LogP contribution in [0.1, 0.15) is 53.1 Å². The minimum atomic E-state index is -0.721. The van der Waals surface area contributed by atoms with Crippen molar-refractivity contribution in [3.8, 4) is 0 Å². The van der Waals surface area contributed by atoms with Crippen LogP contribution in [0.25, 0.3) is 0 Å². The van der Waals surface area contributed by atoms with E-state index >= 15 is 0 Å². The van der Waals surface area contributed by atoms with Gasteiger partial charge in [-0.3, -0.25) is 0 Å². The molecule has 2 N–H and O–H groups in total. The third-order valence-corrected chi connectivity index (χ3v) is 6.33. The van der Waals surface area contributed by atoms with Crippen LogP contribution in [0, 0.1) is 0 Å². The SMILES string of the molecule is CCCCC1=CC(N)n2nccc2[N+]1(C(=O)c1ccccc1Cl)C(=O)c1ccccc1Cl. The molecule has 4 rings (SSSR count). The summed E-state index contributed by atoms with van der Waals surface area (Å²) >= 11 is 12.9. The number of amides is 2. The summed E-state index contributed by atoms with van der Waals surface area (Å²) in [6.07, 6.45) is 4.85. The summed E-state index contributed by atoms with van der Waals surface area (Å²) in [6.45, 7) is 2.05. The van der Waals surface area contributed by atoms with Crippen molar-refractivity contribution in [3.05, 3.63) is 93.7 Å². The highest BCUT2D eigenvalue weighted by atomic mass is 35.5. The van der Waals surface area contributed by atoms with Crippen molar-refractivity contribution >= 4 is 40.8 Å². The number of benzene rings is 2. The lowest BCUT2D eigenvalue weighted by Gasteiger charge is -2.38. The molecule has 1 aromatic heterocycles. The quantitative estimate of drug-likeness (QED) is 0.382. The van der Waals surface area contributed by atoms with Crippen molar-refractivity contribution in [2.24, 2.45) is 5.73 Å². The highest BCUT2D eigenvalue weighted by molar-refractivity contribution is 6.37. The molecule has 1 unspecified atom stereocenters. The molecule has 0 radical (unpaired) electrons. The molecule has 2 amide bonds. The van der Waals surface area contributed by atoms with E-state index < -0.39 is 22.5 Å². The number of halogens is 2. The zero-order valence-corrected chi connectivity index (χ0v) is 19.1. The zero-order chi connectivity index (χ0) is 22.9. The Balaban J connectivity index is 2.06. The van der Waals surface area contributed by atoms with Gasteiger partial charge in [-0.25, -0.2) is 9.59 Å². The van der Waals surface area contributed by atoms with Crippen molar-refractivity contribution in [3.63, 3.8) is 0 Å². The lowest BCUT2D eigenvalue weighted by atomic mass is 10.0. The Kier molecular flexibility index (Phi) is 6.31. The first-order chi connectivity index (χ1) is 15.4. The van der Waals surface area contributed by atoms with E-state index in [-0.39, 0.29) is 21.2 Å². The first-order valence-corrected chi connectivity index (χ1v) is 11.2. The highest BCUT2D eigenvalue weighted by Gasteiger charge is 2.56. The number of unbranched alkanes of at least 4 members (excludes halogenated alkanes) is 1. The van der Waals surface area contributed by atoms with Gasteiger partial charge in [-0.1, -0.05) is 60.8 Å². The topological polar surface area (TPSA) is 78.0 Å². The molecule has 2 aromatic carbocycles. The Hall–Kier alpha value is -2.77. The first kappa shape index (κ1) is 22.4. The van der Waals surface area contributed by atoms with Crippen molar-refractivity contribution < 1.29 is 9.59 Å². The molecule has 1 aliphatic heterocycles. The Morgan fingerprint density at radius 3 is 2.09 bits per heavy atom. The fourth-order valence-corrected chi connectivity index (χ4v) is 4.56. The van der Waals surface area contributed by atoms with Crippen LogP contribution in [0.15, 0.2) is 72.6 Å². The normalized spacial score (nSPS) is 16.9. The average Bonchev–Trinajstić information content (AvgIpc) is 3.29. The van der Waals surface area contributed by atoms with Gasteiger partial charge in [0.15, 0.2) is 0 Å². The van der Waals surface area contributed by atoms with E-state index in [9.17, 15) is 9.59 Å². The molecule has 0 spiro atoms. The molecule has 1 atom stereocenters. The zero-order valence-electron chi connectivity index (χ0n) is 17.5. The number of carbonyl (C=O) groups is 2. The van der Waals surface area contributed by atoms with Gasteiger partial charge in [0.1, 0.15) is 11.9 Å². The third kappa shape index (κ3) is 3.49. The largest absolute Gasteiger partial charge is 0.366 e. The highest BCUT2D eigenvalue weighted by Crippen LogP contribution is 2.42. The standard InChI is InChI=1S/C24H23Cl2N4O2/c1-2-3-8-16-15-21(27)29-22(13-14-28-29)30(16,23(31)17-9-4-6-11-19(17)25)24(32)18-10-5-7-12-20(18)26/h4-7,9-15,21H,2-3,8,27H2,1H3/q+1. The Bertz CT molecular complexity index is 1160. The minimum absolute atomic E-state index is 0.236. The number of allylic oxidation sites excluding steroid dienone is 1. The van der Waals surface area contributed by atoms with Crippen molar-refractivity contribution in [2.75, 3.05) is 0 Å². The summed E-state index contributed by atoms with van der Waals surface area (Å²) < 4.78 is 0.778. The fraction of sp³-hybridized carbons (Fsp3) is 0.208. The maximum absolute atomic E-state index is 14.3. The monoisotopic (exact) mass is 469 g/mol. The lowest BCUT2D eigenvalue weighted by Crippen LogP contribution is -2.60. The maximum Gasteiger partial charge on any atom is 0.366 e. The van der Waals surface area contributed by atoms with Crippen molar-refractivity contribution in [1.82, 2.24) is 14.3 Å². The minimum Gasteiger partial charge on any atom is -0.306 e. The van der Waals surface area contributed by atoms with Crippen LogP contribution in [0.3, 0.4) is 0 Å². The molecule has 3 aromatic rings. The molecule has 0 saturated carbocycles. The fourth-order valence-electron chi connectivity index (χ4n) is 4.13. The molecule has 8 heteroatoms. The van der Waals surface area contributed by atoms with E-state index in [0.29, 0.717) is 17.9 Å². The molecule has 164 valence electrons. The van der Waals surface area contributed by atoms with Crippen molar-refractivity contribution in [2.45, 2.75) is 32.4 Å². The maximum atomic E-state index is 14.3. The number of rotatable bonds is 5. The second kappa shape index (κ2) is 9.00. The van der Waals surface area contributed by atoms with Gasteiger partial charge in [0.2, 0.25) is 5.82 Å². The van der Waals surface area contributed by atoms with Gasteiger partial charge in [0, 0.05) is 18.6 Å². The lowest BCUT2D eigenvalue weighted by molar-refractivity contribution is 0.0648. The van der Waals surface area contributed by atoms with Gasteiger partial charge >= 0.3 is 11.8 Å². The Labute approximate surface area is 196 Å². The van der Waals surface area contributed by atoms with Crippen LogP contribution < -0.4 is 10.2 Å². The molecule has 0 saturated heterocycles. The molecule has 32 heavy (non-hydrogen) atoms. The molecule has 0 bridgehead atoms. The molecule has 1 aliphatic rings. The summed E-state index contributed by atoms with van der Waals surface area (Å²) in [7, 11) is 0. The summed E-state index contributed by atoms with van der Waals surface area (Å²) in [5.74, 6) is -0.589.